The molecule has 1 rings (SSSR count). The molecule has 0 fully saturated rings. The highest BCUT2D eigenvalue weighted by Gasteiger charge is 2.06. The van der Waals surface area contributed by atoms with Gasteiger partial charge in [0.1, 0.15) is 12.2 Å². The minimum Gasteiger partial charge on any atom is -0.481 e. The molecule has 1 heterocycles. The molecule has 6 heteroatoms. The van der Waals surface area contributed by atoms with Gasteiger partial charge in [-0.3, -0.25) is 9.69 Å². The largest absolute Gasteiger partial charge is 0.481 e. The number of carbonyl (C=O) groups is 1. The molecule has 78 valence electrons. The fraction of sp³-hybridized carbons (Fsp3) is 0.625. The van der Waals surface area contributed by atoms with Crippen LogP contribution in [-0.2, 0) is 18.4 Å². The molecular weight excluding hydrogens is 184 g/mol. The number of nitrogens with zero attached hydrogens (tertiary/aromatic N) is 4. The molecule has 0 aliphatic rings. The van der Waals surface area contributed by atoms with Crippen molar-refractivity contribution in [2.45, 2.75) is 13.0 Å². The maximum absolute atomic E-state index is 10.3. The lowest BCUT2D eigenvalue weighted by atomic mass is 10.4. The Labute approximate surface area is 82.2 Å². The summed E-state index contributed by atoms with van der Waals surface area (Å²) in [6.07, 6.45) is 1.77. The second-order valence-electron chi connectivity index (χ2n) is 3.24. The summed E-state index contributed by atoms with van der Waals surface area (Å²) >= 11 is 0. The van der Waals surface area contributed by atoms with E-state index in [9.17, 15) is 4.79 Å². The number of carboxylic acids is 1. The van der Waals surface area contributed by atoms with Gasteiger partial charge in [0.25, 0.3) is 0 Å². The van der Waals surface area contributed by atoms with E-state index in [4.69, 9.17) is 5.11 Å². The molecular formula is C8H14N4O2. The zero-order valence-corrected chi connectivity index (χ0v) is 8.34. The van der Waals surface area contributed by atoms with Crippen molar-refractivity contribution in [1.82, 2.24) is 19.7 Å². The van der Waals surface area contributed by atoms with Crippen LogP contribution in [0.5, 0.6) is 0 Å². The number of aliphatic carboxylic acids is 1. The molecule has 0 bridgehead atoms. The normalized spacial score (nSPS) is 10.8. The van der Waals surface area contributed by atoms with Crippen molar-refractivity contribution in [2.24, 2.45) is 7.05 Å². The van der Waals surface area contributed by atoms with Gasteiger partial charge in [0.05, 0.1) is 13.0 Å². The molecule has 0 aliphatic heterocycles. The van der Waals surface area contributed by atoms with Crippen LogP contribution in [0.1, 0.15) is 12.2 Å². The van der Waals surface area contributed by atoms with Gasteiger partial charge < -0.3 is 9.67 Å². The summed E-state index contributed by atoms with van der Waals surface area (Å²) in [6, 6.07) is 0. The molecule has 0 aliphatic carbocycles. The summed E-state index contributed by atoms with van der Waals surface area (Å²) in [4.78, 5) is 12.2. The lowest BCUT2D eigenvalue weighted by Gasteiger charge is -2.13. The number of carboxylic acid groups (broad SMARTS) is 1. The predicted octanol–water partition coefficient (Wildman–Crippen LogP) is -0.278. The number of rotatable bonds is 5. The van der Waals surface area contributed by atoms with Crippen molar-refractivity contribution in [2.75, 3.05) is 13.6 Å². The van der Waals surface area contributed by atoms with E-state index in [-0.39, 0.29) is 6.42 Å². The monoisotopic (exact) mass is 198 g/mol. The minimum absolute atomic E-state index is 0.147. The molecule has 0 saturated heterocycles. The number of aromatic nitrogens is 3. The quantitative estimate of drug-likeness (QED) is 0.704. The molecule has 1 N–H and O–H groups in total. The Morgan fingerprint density at radius 3 is 2.93 bits per heavy atom. The van der Waals surface area contributed by atoms with Crippen LogP contribution in [0.2, 0.25) is 0 Å². The molecule has 0 aromatic carbocycles. The number of hydrogen-bond donors (Lipinski definition) is 1. The lowest BCUT2D eigenvalue weighted by Crippen LogP contribution is -2.23. The Hall–Kier alpha value is -1.43. The van der Waals surface area contributed by atoms with E-state index in [2.05, 4.69) is 10.2 Å². The van der Waals surface area contributed by atoms with Gasteiger partial charge in [-0.2, -0.15) is 0 Å². The van der Waals surface area contributed by atoms with E-state index in [1.165, 1.54) is 0 Å². The van der Waals surface area contributed by atoms with E-state index in [1.54, 1.807) is 6.33 Å². The minimum atomic E-state index is -0.783. The van der Waals surface area contributed by atoms with E-state index in [1.807, 2.05) is 23.6 Å². The van der Waals surface area contributed by atoms with Gasteiger partial charge in [0.15, 0.2) is 0 Å². The molecule has 0 unspecified atom stereocenters. The van der Waals surface area contributed by atoms with Crippen molar-refractivity contribution in [3.63, 3.8) is 0 Å². The average Bonchev–Trinajstić information content (AvgIpc) is 2.49. The summed E-state index contributed by atoms with van der Waals surface area (Å²) in [7, 11) is 3.72. The molecule has 0 atom stereocenters. The molecule has 6 nitrogen and oxygen atoms in total. The molecule has 1 aromatic heterocycles. The SMILES string of the molecule is CN(CCC(=O)O)Cc1nncn1C. The maximum atomic E-state index is 10.3. The average molecular weight is 198 g/mol. The first-order chi connectivity index (χ1) is 6.59. The van der Waals surface area contributed by atoms with Crippen LogP contribution in [0.25, 0.3) is 0 Å². The maximum Gasteiger partial charge on any atom is 0.304 e. The molecule has 0 amide bonds. The second kappa shape index (κ2) is 4.71. The number of aryl methyl sites for hydroxylation is 1. The second-order valence-corrected chi connectivity index (χ2v) is 3.24. The highest BCUT2D eigenvalue weighted by Crippen LogP contribution is 1.98. The van der Waals surface area contributed by atoms with Crippen LogP contribution < -0.4 is 0 Å². The van der Waals surface area contributed by atoms with Crippen LogP contribution in [-0.4, -0.2) is 44.3 Å². The van der Waals surface area contributed by atoms with E-state index in [0.29, 0.717) is 13.1 Å². The van der Waals surface area contributed by atoms with Gasteiger partial charge in [0, 0.05) is 13.6 Å². The van der Waals surface area contributed by atoms with Gasteiger partial charge in [0.2, 0.25) is 0 Å². The summed E-state index contributed by atoms with van der Waals surface area (Å²) in [5.41, 5.74) is 0. The standard InChI is InChI=1S/C8H14N4O2/c1-11(4-3-8(13)14)5-7-10-9-6-12(7)2/h6H,3-5H2,1-2H3,(H,13,14). The third-order valence-corrected chi connectivity index (χ3v) is 1.92. The predicted molar refractivity (Wildman–Crippen MR) is 49.6 cm³/mol. The fourth-order valence-corrected chi connectivity index (χ4v) is 1.06. The Bertz CT molecular complexity index is 310. The van der Waals surface area contributed by atoms with Crippen LogP contribution in [0.3, 0.4) is 0 Å². The van der Waals surface area contributed by atoms with Crippen molar-refractivity contribution in [1.29, 1.82) is 0 Å². The van der Waals surface area contributed by atoms with Gasteiger partial charge in [-0.25, -0.2) is 0 Å². The van der Waals surface area contributed by atoms with Gasteiger partial charge in [-0.05, 0) is 7.05 Å². The van der Waals surface area contributed by atoms with Crippen molar-refractivity contribution in [3.05, 3.63) is 12.2 Å². The first-order valence-electron chi connectivity index (χ1n) is 4.33. The Morgan fingerprint density at radius 2 is 2.43 bits per heavy atom. The highest BCUT2D eigenvalue weighted by atomic mass is 16.4. The van der Waals surface area contributed by atoms with E-state index >= 15 is 0 Å². The summed E-state index contributed by atoms with van der Waals surface area (Å²) in [5.74, 6) is 0.0488. The van der Waals surface area contributed by atoms with Crippen molar-refractivity contribution >= 4 is 5.97 Å². The van der Waals surface area contributed by atoms with Gasteiger partial charge in [-0.1, -0.05) is 0 Å². The topological polar surface area (TPSA) is 71.2 Å². The van der Waals surface area contributed by atoms with Crippen LogP contribution in [0, 0.1) is 0 Å². The smallest absolute Gasteiger partial charge is 0.304 e. The van der Waals surface area contributed by atoms with Crippen LogP contribution in [0.15, 0.2) is 6.33 Å². The first kappa shape index (κ1) is 10.6. The van der Waals surface area contributed by atoms with E-state index in [0.717, 1.165) is 5.82 Å². The number of hydrogen-bond acceptors (Lipinski definition) is 4. The zero-order valence-electron chi connectivity index (χ0n) is 8.34. The molecule has 0 saturated carbocycles. The first-order valence-corrected chi connectivity index (χ1v) is 4.33. The van der Waals surface area contributed by atoms with Crippen LogP contribution in [0.4, 0.5) is 0 Å². The molecule has 0 radical (unpaired) electrons. The van der Waals surface area contributed by atoms with Crippen molar-refractivity contribution < 1.29 is 9.90 Å². The zero-order chi connectivity index (χ0) is 10.6. The molecule has 14 heavy (non-hydrogen) atoms. The Morgan fingerprint density at radius 1 is 1.71 bits per heavy atom. The van der Waals surface area contributed by atoms with Gasteiger partial charge in [-0.15, -0.1) is 10.2 Å². The Balaban J connectivity index is 2.37. The molecule has 1 aromatic rings. The third kappa shape index (κ3) is 3.14. The summed E-state index contributed by atoms with van der Waals surface area (Å²) < 4.78 is 1.82. The van der Waals surface area contributed by atoms with E-state index < -0.39 is 5.97 Å². The molecule has 0 spiro atoms. The lowest BCUT2D eigenvalue weighted by molar-refractivity contribution is -0.137. The third-order valence-electron chi connectivity index (χ3n) is 1.92. The summed E-state index contributed by atoms with van der Waals surface area (Å²) in [5, 5.41) is 16.1. The Kier molecular flexibility index (Phi) is 3.58. The summed E-state index contributed by atoms with van der Waals surface area (Å²) in [6.45, 7) is 1.13. The van der Waals surface area contributed by atoms with Gasteiger partial charge >= 0.3 is 5.97 Å². The highest BCUT2D eigenvalue weighted by molar-refractivity contribution is 5.66. The fourth-order valence-electron chi connectivity index (χ4n) is 1.06. The van der Waals surface area contributed by atoms with Crippen molar-refractivity contribution in [3.8, 4) is 0 Å². The van der Waals surface area contributed by atoms with Crippen LogP contribution >= 0.6 is 0 Å².